The van der Waals surface area contributed by atoms with Crippen molar-refractivity contribution in [2.45, 2.75) is 19.1 Å². The molecule has 1 atom stereocenters. The first kappa shape index (κ1) is 16.1. The Morgan fingerprint density at radius 3 is 2.67 bits per heavy atom. The third kappa shape index (κ3) is 3.28. The van der Waals surface area contributed by atoms with Gasteiger partial charge in [-0.1, -0.05) is 36.4 Å². The van der Waals surface area contributed by atoms with Crippen LogP contribution in [0.25, 0.3) is 0 Å². The van der Waals surface area contributed by atoms with Crippen LogP contribution >= 0.6 is 0 Å². The minimum Gasteiger partial charge on any atom is -0.363 e. The van der Waals surface area contributed by atoms with E-state index in [0.717, 1.165) is 23.1 Å². The van der Waals surface area contributed by atoms with Gasteiger partial charge in [0.1, 0.15) is 0 Å². The third-order valence-electron chi connectivity index (χ3n) is 4.16. The predicted octanol–water partition coefficient (Wildman–Crippen LogP) is 2.87. The molecule has 3 rings (SSSR count). The van der Waals surface area contributed by atoms with Gasteiger partial charge in [-0.2, -0.15) is 0 Å². The Kier molecular flexibility index (Phi) is 4.57. The number of non-ortho nitro benzene ring substituents is 1. The van der Waals surface area contributed by atoms with E-state index in [9.17, 15) is 14.9 Å². The molecule has 0 radical (unpaired) electrons. The predicted molar refractivity (Wildman–Crippen MR) is 88.4 cm³/mol. The molecule has 1 aliphatic rings. The molecular weight excluding hydrogens is 308 g/mol. The summed E-state index contributed by atoms with van der Waals surface area (Å²) in [5.74, 6) is -0.111. The molecule has 0 spiro atoms. The summed E-state index contributed by atoms with van der Waals surface area (Å²) in [6.45, 7) is 0.900. The summed E-state index contributed by atoms with van der Waals surface area (Å²) in [6.07, 6.45) is 0.226. The number of amides is 1. The quantitative estimate of drug-likeness (QED) is 0.640. The standard InChI is InChI=1S/C18H18N2O4/c1-19(12-13-6-8-15(9-7-13)20(22)23)18(21)17-16-5-3-2-4-14(16)10-11-24-17/h2-9,17H,10-12H2,1H3/t17-/m0/s1. The summed E-state index contributed by atoms with van der Waals surface area (Å²) in [6, 6.07) is 14.0. The molecule has 0 bridgehead atoms. The van der Waals surface area contributed by atoms with Crippen molar-refractivity contribution >= 4 is 11.6 Å². The molecule has 2 aromatic rings. The fraction of sp³-hybridized carbons (Fsp3) is 0.278. The van der Waals surface area contributed by atoms with Crippen LogP contribution in [0.5, 0.6) is 0 Å². The Bertz CT molecular complexity index is 758. The Morgan fingerprint density at radius 1 is 1.25 bits per heavy atom. The van der Waals surface area contributed by atoms with Gasteiger partial charge in [0.2, 0.25) is 0 Å². The maximum Gasteiger partial charge on any atom is 0.269 e. The summed E-state index contributed by atoms with van der Waals surface area (Å²) in [7, 11) is 1.71. The lowest BCUT2D eigenvalue weighted by molar-refractivity contribution is -0.384. The van der Waals surface area contributed by atoms with Crippen molar-refractivity contribution in [1.29, 1.82) is 0 Å². The van der Waals surface area contributed by atoms with Gasteiger partial charge in [0, 0.05) is 25.7 Å². The first-order chi connectivity index (χ1) is 11.6. The van der Waals surface area contributed by atoms with Crippen molar-refractivity contribution in [2.24, 2.45) is 0 Å². The molecule has 6 heteroatoms. The van der Waals surface area contributed by atoms with Gasteiger partial charge in [0.05, 0.1) is 11.5 Å². The second kappa shape index (κ2) is 6.80. The SMILES string of the molecule is CN(Cc1ccc([N+](=O)[O-])cc1)C(=O)[C@H]1OCCc2ccccc21. The van der Waals surface area contributed by atoms with Crippen LogP contribution in [-0.4, -0.2) is 29.4 Å². The van der Waals surface area contributed by atoms with Crippen LogP contribution in [0.2, 0.25) is 0 Å². The van der Waals surface area contributed by atoms with Crippen LogP contribution in [0.4, 0.5) is 5.69 Å². The second-order valence-electron chi connectivity index (χ2n) is 5.82. The fourth-order valence-electron chi connectivity index (χ4n) is 2.87. The molecule has 0 aromatic heterocycles. The second-order valence-corrected chi connectivity index (χ2v) is 5.82. The molecule has 1 amide bonds. The number of benzene rings is 2. The van der Waals surface area contributed by atoms with E-state index in [1.54, 1.807) is 24.1 Å². The van der Waals surface area contributed by atoms with Crippen LogP contribution in [0.1, 0.15) is 22.8 Å². The Balaban J connectivity index is 1.72. The monoisotopic (exact) mass is 326 g/mol. The lowest BCUT2D eigenvalue weighted by atomic mass is 9.97. The summed E-state index contributed by atoms with van der Waals surface area (Å²) >= 11 is 0. The van der Waals surface area contributed by atoms with E-state index in [1.165, 1.54) is 12.1 Å². The first-order valence-electron chi connectivity index (χ1n) is 7.74. The van der Waals surface area contributed by atoms with Crippen molar-refractivity contribution in [3.8, 4) is 0 Å². The summed E-state index contributed by atoms with van der Waals surface area (Å²) < 4.78 is 5.70. The maximum atomic E-state index is 12.7. The largest absolute Gasteiger partial charge is 0.363 e. The molecular formula is C18H18N2O4. The molecule has 0 fully saturated rings. The molecule has 1 heterocycles. The average Bonchev–Trinajstić information content (AvgIpc) is 2.61. The summed E-state index contributed by atoms with van der Waals surface area (Å²) in [5, 5.41) is 10.7. The molecule has 124 valence electrons. The van der Waals surface area contributed by atoms with E-state index in [-0.39, 0.29) is 11.6 Å². The Hall–Kier alpha value is -2.73. The van der Waals surface area contributed by atoms with Crippen molar-refractivity contribution in [3.63, 3.8) is 0 Å². The number of ether oxygens (including phenoxy) is 1. The normalized spacial score (nSPS) is 16.3. The van der Waals surface area contributed by atoms with Crippen LogP contribution in [0, 0.1) is 10.1 Å². The van der Waals surface area contributed by atoms with Crippen LogP contribution in [-0.2, 0) is 22.5 Å². The van der Waals surface area contributed by atoms with Gasteiger partial charge >= 0.3 is 0 Å². The minimum atomic E-state index is -0.585. The van der Waals surface area contributed by atoms with E-state index in [2.05, 4.69) is 0 Å². The highest BCUT2D eigenvalue weighted by Crippen LogP contribution is 2.28. The Labute approximate surface area is 139 Å². The number of nitrogens with zero attached hydrogens (tertiary/aromatic N) is 2. The zero-order valence-corrected chi connectivity index (χ0v) is 13.3. The van der Waals surface area contributed by atoms with Crippen molar-refractivity contribution in [1.82, 2.24) is 4.90 Å². The van der Waals surface area contributed by atoms with Gasteiger partial charge in [-0.25, -0.2) is 0 Å². The number of carbonyl (C=O) groups excluding carboxylic acids is 1. The van der Waals surface area contributed by atoms with Gasteiger partial charge in [-0.3, -0.25) is 14.9 Å². The molecule has 0 N–H and O–H groups in total. The van der Waals surface area contributed by atoms with Crippen LogP contribution in [0.3, 0.4) is 0 Å². The van der Waals surface area contributed by atoms with E-state index < -0.39 is 11.0 Å². The van der Waals surface area contributed by atoms with Crippen LogP contribution in [0.15, 0.2) is 48.5 Å². The zero-order chi connectivity index (χ0) is 17.1. The van der Waals surface area contributed by atoms with E-state index in [1.807, 2.05) is 24.3 Å². The highest BCUT2D eigenvalue weighted by molar-refractivity contribution is 5.82. The molecule has 0 aliphatic carbocycles. The van der Waals surface area contributed by atoms with Crippen molar-refractivity contribution in [2.75, 3.05) is 13.7 Å². The molecule has 1 aliphatic heterocycles. The molecule has 24 heavy (non-hydrogen) atoms. The van der Waals surface area contributed by atoms with Gasteiger partial charge < -0.3 is 9.64 Å². The van der Waals surface area contributed by atoms with E-state index in [4.69, 9.17) is 4.74 Å². The number of hydrogen-bond donors (Lipinski definition) is 0. The average molecular weight is 326 g/mol. The summed E-state index contributed by atoms with van der Waals surface area (Å²) in [5.41, 5.74) is 2.94. The summed E-state index contributed by atoms with van der Waals surface area (Å²) in [4.78, 5) is 24.6. The number of nitro benzene ring substituents is 1. The number of hydrogen-bond acceptors (Lipinski definition) is 4. The highest BCUT2D eigenvalue weighted by Gasteiger charge is 2.29. The zero-order valence-electron chi connectivity index (χ0n) is 13.3. The van der Waals surface area contributed by atoms with Gasteiger partial charge in [-0.15, -0.1) is 0 Å². The fourth-order valence-corrected chi connectivity index (χ4v) is 2.87. The van der Waals surface area contributed by atoms with E-state index >= 15 is 0 Å². The number of fused-ring (bicyclic) bond motifs is 1. The maximum absolute atomic E-state index is 12.7. The van der Waals surface area contributed by atoms with Crippen molar-refractivity contribution in [3.05, 3.63) is 75.3 Å². The van der Waals surface area contributed by atoms with Crippen LogP contribution < -0.4 is 0 Å². The van der Waals surface area contributed by atoms with Crippen molar-refractivity contribution < 1.29 is 14.5 Å². The topological polar surface area (TPSA) is 72.7 Å². The number of rotatable bonds is 4. The highest BCUT2D eigenvalue weighted by atomic mass is 16.6. The lowest BCUT2D eigenvalue weighted by Crippen LogP contribution is -2.35. The lowest BCUT2D eigenvalue weighted by Gasteiger charge is -2.29. The van der Waals surface area contributed by atoms with Gasteiger partial charge in [-0.05, 0) is 23.1 Å². The number of nitro groups is 1. The number of likely N-dealkylation sites (N-methyl/N-ethyl adjacent to an activating group) is 1. The molecule has 6 nitrogen and oxygen atoms in total. The molecule has 0 saturated heterocycles. The molecule has 2 aromatic carbocycles. The minimum absolute atomic E-state index is 0.0391. The Morgan fingerprint density at radius 2 is 1.96 bits per heavy atom. The smallest absolute Gasteiger partial charge is 0.269 e. The number of carbonyl (C=O) groups is 1. The third-order valence-corrected chi connectivity index (χ3v) is 4.16. The van der Waals surface area contributed by atoms with Gasteiger partial charge in [0.15, 0.2) is 6.10 Å². The first-order valence-corrected chi connectivity index (χ1v) is 7.74. The van der Waals surface area contributed by atoms with E-state index in [0.29, 0.717) is 13.2 Å². The van der Waals surface area contributed by atoms with Gasteiger partial charge in [0.25, 0.3) is 11.6 Å². The molecule has 0 unspecified atom stereocenters. The molecule has 0 saturated carbocycles.